The van der Waals surface area contributed by atoms with Crippen molar-refractivity contribution >= 4 is 39.2 Å². The molecule has 22 heavy (non-hydrogen) atoms. The van der Waals surface area contributed by atoms with E-state index in [1.54, 1.807) is 0 Å². The van der Waals surface area contributed by atoms with Crippen molar-refractivity contribution < 1.29 is 9.53 Å². The summed E-state index contributed by atoms with van der Waals surface area (Å²) in [5.41, 5.74) is 6.34. The van der Waals surface area contributed by atoms with E-state index in [1.807, 2.05) is 25.1 Å². The lowest BCUT2D eigenvalue weighted by Gasteiger charge is -2.16. The highest BCUT2D eigenvalue weighted by Gasteiger charge is 2.15. The first-order valence-electron chi connectivity index (χ1n) is 7.29. The van der Waals surface area contributed by atoms with Gasteiger partial charge in [0.1, 0.15) is 5.75 Å². The van der Waals surface area contributed by atoms with Gasteiger partial charge in [0.2, 0.25) is 0 Å². The predicted octanol–water partition coefficient (Wildman–Crippen LogP) is 2.57. The van der Waals surface area contributed by atoms with E-state index in [-0.39, 0.29) is 12.5 Å². The van der Waals surface area contributed by atoms with Crippen molar-refractivity contribution in [3.05, 3.63) is 28.2 Å². The molecule has 3 N–H and O–H groups in total. The molecule has 1 aromatic rings. The molecule has 1 fully saturated rings. The summed E-state index contributed by atoms with van der Waals surface area (Å²) >= 11 is 8.54. The molecule has 0 aromatic heterocycles. The molecule has 0 bridgehead atoms. The third kappa shape index (κ3) is 5.46. The average molecular weight is 386 g/mol. The van der Waals surface area contributed by atoms with Gasteiger partial charge in [-0.3, -0.25) is 15.6 Å². The van der Waals surface area contributed by atoms with Gasteiger partial charge in [0, 0.05) is 6.04 Å². The number of carbonyl (C=O) groups is 1. The zero-order chi connectivity index (χ0) is 15.9. The number of rotatable bonds is 4. The van der Waals surface area contributed by atoms with Crippen LogP contribution in [-0.2, 0) is 4.79 Å². The van der Waals surface area contributed by atoms with E-state index < -0.39 is 0 Å². The third-order valence-electron chi connectivity index (χ3n) is 3.45. The molecule has 120 valence electrons. The van der Waals surface area contributed by atoms with Crippen molar-refractivity contribution in [3.63, 3.8) is 0 Å². The molecule has 0 heterocycles. The van der Waals surface area contributed by atoms with Crippen LogP contribution in [0.15, 0.2) is 22.7 Å². The van der Waals surface area contributed by atoms with E-state index in [2.05, 4.69) is 32.1 Å². The second-order valence-electron chi connectivity index (χ2n) is 5.35. The second-order valence-corrected chi connectivity index (χ2v) is 6.61. The minimum Gasteiger partial charge on any atom is -0.483 e. The number of nitrogens with one attached hydrogen (secondary N) is 3. The summed E-state index contributed by atoms with van der Waals surface area (Å²) in [4.78, 5) is 11.7. The van der Waals surface area contributed by atoms with Crippen LogP contribution in [0, 0.1) is 6.92 Å². The number of carbonyl (C=O) groups excluding carboxylic acids is 1. The second kappa shape index (κ2) is 8.33. The summed E-state index contributed by atoms with van der Waals surface area (Å²) in [7, 11) is 0. The highest BCUT2D eigenvalue weighted by molar-refractivity contribution is 9.10. The number of amides is 1. The normalized spacial score (nSPS) is 14.5. The molecule has 7 heteroatoms. The quantitative estimate of drug-likeness (QED) is 0.549. The maximum atomic E-state index is 11.7. The molecule has 1 saturated carbocycles. The largest absolute Gasteiger partial charge is 0.483 e. The Morgan fingerprint density at radius 3 is 2.77 bits per heavy atom. The molecule has 1 aliphatic carbocycles. The first-order chi connectivity index (χ1) is 10.5. The van der Waals surface area contributed by atoms with Crippen LogP contribution >= 0.6 is 28.1 Å². The van der Waals surface area contributed by atoms with Crippen LogP contribution < -0.4 is 20.9 Å². The Morgan fingerprint density at radius 2 is 2.09 bits per heavy atom. The van der Waals surface area contributed by atoms with E-state index >= 15 is 0 Å². The van der Waals surface area contributed by atoms with Gasteiger partial charge in [-0.2, -0.15) is 0 Å². The van der Waals surface area contributed by atoms with Gasteiger partial charge < -0.3 is 10.1 Å². The molecule has 0 spiro atoms. The molecule has 1 aliphatic rings. The average Bonchev–Trinajstić information content (AvgIpc) is 2.97. The molecule has 1 amide bonds. The van der Waals surface area contributed by atoms with Crippen molar-refractivity contribution in [1.82, 2.24) is 16.2 Å². The zero-order valence-corrected chi connectivity index (χ0v) is 14.9. The van der Waals surface area contributed by atoms with Gasteiger partial charge in [-0.05, 0) is 65.6 Å². The van der Waals surface area contributed by atoms with E-state index in [0.29, 0.717) is 16.9 Å². The van der Waals surface area contributed by atoms with E-state index in [1.165, 1.54) is 12.8 Å². The fourth-order valence-corrected chi connectivity index (χ4v) is 3.15. The van der Waals surface area contributed by atoms with E-state index in [9.17, 15) is 4.79 Å². The van der Waals surface area contributed by atoms with Crippen molar-refractivity contribution in [1.29, 1.82) is 0 Å². The fraction of sp³-hybridized carbons (Fsp3) is 0.467. The highest BCUT2D eigenvalue weighted by Crippen LogP contribution is 2.25. The lowest BCUT2D eigenvalue weighted by atomic mass is 10.2. The minimum atomic E-state index is -0.289. The summed E-state index contributed by atoms with van der Waals surface area (Å²) in [6, 6.07) is 6.10. The Balaban J connectivity index is 1.68. The molecule has 0 radical (unpaired) electrons. The SMILES string of the molecule is Cc1ccc(OCC(=O)NNC(=S)NC2CCCC2)c(Br)c1. The molecule has 2 rings (SSSR count). The van der Waals surface area contributed by atoms with Crippen molar-refractivity contribution in [2.24, 2.45) is 0 Å². The molecule has 1 aromatic carbocycles. The van der Waals surface area contributed by atoms with Crippen molar-refractivity contribution in [2.75, 3.05) is 6.61 Å². The number of halogens is 1. The summed E-state index contributed by atoms with van der Waals surface area (Å²) < 4.78 is 6.28. The molecular formula is C15H20BrN3O2S. The summed E-state index contributed by atoms with van der Waals surface area (Å²) in [5, 5.41) is 3.62. The minimum absolute atomic E-state index is 0.0826. The van der Waals surface area contributed by atoms with Crippen LogP contribution in [0.2, 0.25) is 0 Å². The van der Waals surface area contributed by atoms with Gasteiger partial charge in [0.15, 0.2) is 11.7 Å². The van der Waals surface area contributed by atoms with Gasteiger partial charge in [-0.1, -0.05) is 18.9 Å². The Hall–Kier alpha value is -1.34. The van der Waals surface area contributed by atoms with Gasteiger partial charge >= 0.3 is 0 Å². The topological polar surface area (TPSA) is 62.4 Å². The standard InChI is InChI=1S/C15H20BrN3O2S/c1-10-6-7-13(12(16)8-10)21-9-14(20)18-19-15(22)17-11-4-2-3-5-11/h6-8,11H,2-5,9H2,1H3,(H,18,20)(H2,17,19,22). The van der Waals surface area contributed by atoms with E-state index in [0.717, 1.165) is 22.9 Å². The lowest BCUT2D eigenvalue weighted by Crippen LogP contribution is -2.50. The maximum absolute atomic E-state index is 11.7. The lowest BCUT2D eigenvalue weighted by molar-refractivity contribution is -0.123. The van der Waals surface area contributed by atoms with Crippen LogP contribution in [0.3, 0.4) is 0 Å². The molecule has 0 atom stereocenters. The number of thiocarbonyl (C=S) groups is 1. The fourth-order valence-electron chi connectivity index (χ4n) is 2.32. The molecular weight excluding hydrogens is 366 g/mol. The van der Waals surface area contributed by atoms with Crippen LogP contribution in [0.5, 0.6) is 5.75 Å². The van der Waals surface area contributed by atoms with Crippen LogP contribution in [-0.4, -0.2) is 23.7 Å². The smallest absolute Gasteiger partial charge is 0.276 e. The van der Waals surface area contributed by atoms with Gasteiger partial charge in [0.05, 0.1) is 4.47 Å². The maximum Gasteiger partial charge on any atom is 0.276 e. The van der Waals surface area contributed by atoms with Gasteiger partial charge in [-0.25, -0.2) is 0 Å². The Kier molecular flexibility index (Phi) is 6.45. The first kappa shape index (κ1) is 17.0. The monoisotopic (exact) mass is 385 g/mol. The summed E-state index contributed by atoms with van der Waals surface area (Å²) in [5.74, 6) is 0.343. The number of aryl methyl sites for hydroxylation is 1. The van der Waals surface area contributed by atoms with E-state index in [4.69, 9.17) is 17.0 Å². The Bertz CT molecular complexity index is 548. The van der Waals surface area contributed by atoms with Crippen molar-refractivity contribution in [2.45, 2.75) is 38.6 Å². The number of hydrogen-bond acceptors (Lipinski definition) is 3. The molecule has 0 saturated heterocycles. The van der Waals surface area contributed by atoms with Crippen LogP contribution in [0.25, 0.3) is 0 Å². The first-order valence-corrected chi connectivity index (χ1v) is 8.49. The summed E-state index contributed by atoms with van der Waals surface area (Å²) in [6.07, 6.45) is 4.71. The highest BCUT2D eigenvalue weighted by atomic mass is 79.9. The third-order valence-corrected chi connectivity index (χ3v) is 4.29. The van der Waals surface area contributed by atoms with Gasteiger partial charge in [0.25, 0.3) is 5.91 Å². The number of ether oxygens (including phenoxy) is 1. The Labute approximate surface area is 144 Å². The zero-order valence-electron chi connectivity index (χ0n) is 12.4. The van der Waals surface area contributed by atoms with Crippen molar-refractivity contribution in [3.8, 4) is 5.75 Å². The summed E-state index contributed by atoms with van der Waals surface area (Å²) in [6.45, 7) is 1.91. The Morgan fingerprint density at radius 1 is 1.36 bits per heavy atom. The van der Waals surface area contributed by atoms with Gasteiger partial charge in [-0.15, -0.1) is 0 Å². The van der Waals surface area contributed by atoms with Crippen LogP contribution in [0.4, 0.5) is 0 Å². The van der Waals surface area contributed by atoms with Crippen LogP contribution in [0.1, 0.15) is 31.2 Å². The molecule has 5 nitrogen and oxygen atoms in total. The molecule has 0 unspecified atom stereocenters. The predicted molar refractivity (Wildman–Crippen MR) is 93.6 cm³/mol. The number of hydrogen-bond donors (Lipinski definition) is 3. The number of benzene rings is 1. The number of hydrazine groups is 1. The molecule has 0 aliphatic heterocycles.